The maximum atomic E-state index is 13.6. The van der Waals surface area contributed by atoms with Crippen molar-refractivity contribution < 1.29 is 37.9 Å². The molecule has 0 spiro atoms. The number of furan rings is 1. The molecule has 2 amide bonds. The summed E-state index contributed by atoms with van der Waals surface area (Å²) in [6, 6.07) is 25.2. The second kappa shape index (κ2) is 11.1. The molecule has 3 fully saturated rings. The summed E-state index contributed by atoms with van der Waals surface area (Å²) in [6.07, 6.45) is 3.17. The molecule has 220 valence electrons. The van der Waals surface area contributed by atoms with Gasteiger partial charge in [0.15, 0.2) is 12.4 Å². The molecule has 3 aromatic carbocycles. The van der Waals surface area contributed by atoms with Gasteiger partial charge in [-0.25, -0.2) is 9.59 Å². The Morgan fingerprint density at radius 3 is 2.16 bits per heavy atom. The summed E-state index contributed by atoms with van der Waals surface area (Å²) in [5.41, 5.74) is 2.10. The van der Waals surface area contributed by atoms with Crippen LogP contribution >= 0.6 is 0 Å². The van der Waals surface area contributed by atoms with Crippen molar-refractivity contribution in [2.75, 3.05) is 11.5 Å². The Morgan fingerprint density at radius 2 is 1.45 bits per heavy atom. The molecule has 2 aliphatic carbocycles. The number of ether oxygens (including phenoxy) is 2. The Kier molecular flexibility index (Phi) is 6.93. The number of esters is 2. The van der Waals surface area contributed by atoms with Gasteiger partial charge in [-0.3, -0.25) is 19.3 Å². The van der Waals surface area contributed by atoms with Gasteiger partial charge >= 0.3 is 11.9 Å². The maximum Gasteiger partial charge on any atom is 0.379 e. The van der Waals surface area contributed by atoms with E-state index in [2.05, 4.69) is 12.1 Å². The summed E-state index contributed by atoms with van der Waals surface area (Å²) < 4.78 is 15.4. The third-order valence-corrected chi connectivity index (χ3v) is 9.05. The molecule has 2 saturated carbocycles. The molecule has 0 radical (unpaired) electrons. The number of amides is 2. The zero-order chi connectivity index (χ0) is 30.4. The van der Waals surface area contributed by atoms with Crippen molar-refractivity contribution in [3.05, 3.63) is 120 Å². The molecular formula is C35H27NO8. The molecule has 44 heavy (non-hydrogen) atoms. The first-order valence-corrected chi connectivity index (χ1v) is 14.5. The lowest BCUT2D eigenvalue weighted by Crippen LogP contribution is -2.33. The summed E-state index contributed by atoms with van der Waals surface area (Å²) in [5.74, 6) is -1.88. The first-order valence-electron chi connectivity index (χ1n) is 14.5. The van der Waals surface area contributed by atoms with Crippen molar-refractivity contribution in [2.24, 2.45) is 23.7 Å². The van der Waals surface area contributed by atoms with Gasteiger partial charge in [0.1, 0.15) is 5.75 Å². The highest BCUT2D eigenvalue weighted by Gasteiger charge is 2.64. The van der Waals surface area contributed by atoms with Gasteiger partial charge in [0.05, 0.1) is 29.3 Å². The summed E-state index contributed by atoms with van der Waals surface area (Å²) in [7, 11) is 0. The van der Waals surface area contributed by atoms with Crippen LogP contribution < -0.4 is 9.64 Å². The molecule has 1 aromatic heterocycles. The highest BCUT2D eigenvalue weighted by atomic mass is 16.5. The summed E-state index contributed by atoms with van der Waals surface area (Å²) >= 11 is 0. The molecule has 4 aromatic rings. The molecule has 0 unspecified atom stereocenters. The third-order valence-electron chi connectivity index (χ3n) is 9.05. The first-order chi connectivity index (χ1) is 21.4. The molecule has 9 nitrogen and oxygen atoms in total. The highest BCUT2D eigenvalue weighted by Crippen LogP contribution is 2.61. The van der Waals surface area contributed by atoms with Gasteiger partial charge in [-0.1, -0.05) is 30.3 Å². The normalized spacial score (nSPS) is 23.5. The Hall–Kier alpha value is -5.31. The van der Waals surface area contributed by atoms with Gasteiger partial charge in [-0.15, -0.1) is 0 Å². The van der Waals surface area contributed by atoms with Crippen LogP contribution in [0.1, 0.15) is 55.6 Å². The molecule has 3 aliphatic rings. The van der Waals surface area contributed by atoms with Crippen LogP contribution in [0, 0.1) is 23.7 Å². The number of imide groups is 1. The zero-order valence-corrected chi connectivity index (χ0v) is 23.5. The largest absolute Gasteiger partial charge is 0.457 e. The number of ketones is 1. The number of fused-ring (bicyclic) bond motifs is 5. The van der Waals surface area contributed by atoms with Crippen molar-refractivity contribution >= 4 is 35.2 Å². The topological polar surface area (TPSA) is 120 Å². The fraction of sp³-hybridized carbons (Fsp3) is 0.229. The quantitative estimate of drug-likeness (QED) is 0.115. The fourth-order valence-electron chi connectivity index (χ4n) is 7.10. The standard InChI is InChI=1S/C35H27NO8/c37-28(21-10-14-25(15-11-21)44-35(41)29-7-4-16-42-29)19-43-34(40)22-8-12-24(13-9-22)36-32(38)30-23-17-26(20-5-2-1-3-6-20)27(18-23)31(30)33(36)39/h1-16,23,26-27,30-31H,17-19H2/t23-,26+,27+,30+,31+/m0/s1. The molecule has 1 saturated heterocycles. The van der Waals surface area contributed by atoms with Gasteiger partial charge in [-0.2, -0.15) is 0 Å². The van der Waals surface area contributed by atoms with E-state index >= 15 is 0 Å². The zero-order valence-electron chi connectivity index (χ0n) is 23.5. The maximum absolute atomic E-state index is 13.6. The van der Waals surface area contributed by atoms with E-state index < -0.39 is 24.3 Å². The monoisotopic (exact) mass is 589 g/mol. The summed E-state index contributed by atoms with van der Waals surface area (Å²) in [6.45, 7) is -0.496. The number of hydrogen-bond acceptors (Lipinski definition) is 8. The minimum absolute atomic E-state index is 0.0511. The summed E-state index contributed by atoms with van der Waals surface area (Å²) in [4.78, 5) is 65.5. The lowest BCUT2D eigenvalue weighted by atomic mass is 9.73. The number of anilines is 1. The number of benzene rings is 3. The van der Waals surface area contributed by atoms with E-state index in [4.69, 9.17) is 13.9 Å². The predicted molar refractivity (Wildman–Crippen MR) is 156 cm³/mol. The molecule has 1 aliphatic heterocycles. The number of carbonyl (C=O) groups excluding carboxylic acids is 5. The minimum atomic E-state index is -0.714. The van der Waals surface area contributed by atoms with Crippen LogP contribution in [0.25, 0.3) is 0 Å². The smallest absolute Gasteiger partial charge is 0.379 e. The lowest BCUT2D eigenvalue weighted by Gasteiger charge is -2.28. The number of carbonyl (C=O) groups is 5. The Bertz CT molecular complexity index is 1740. The molecule has 0 N–H and O–H groups in total. The van der Waals surface area contributed by atoms with Gasteiger partial charge in [-0.05, 0) is 96.8 Å². The first kappa shape index (κ1) is 27.5. The summed E-state index contributed by atoms with van der Waals surface area (Å²) in [5, 5.41) is 0. The van der Waals surface area contributed by atoms with Gasteiger partial charge in [0, 0.05) is 5.56 Å². The van der Waals surface area contributed by atoms with E-state index in [-0.39, 0.29) is 64.0 Å². The van der Waals surface area contributed by atoms with E-state index in [9.17, 15) is 24.0 Å². The van der Waals surface area contributed by atoms with E-state index in [1.165, 1.54) is 59.2 Å². The number of hydrogen-bond donors (Lipinski definition) is 0. The van der Waals surface area contributed by atoms with Crippen molar-refractivity contribution in [3.8, 4) is 5.75 Å². The van der Waals surface area contributed by atoms with E-state index in [0.29, 0.717) is 5.69 Å². The Labute approximate surface area is 252 Å². The van der Waals surface area contributed by atoms with Crippen molar-refractivity contribution in [1.82, 2.24) is 0 Å². The van der Waals surface area contributed by atoms with Crippen LogP contribution in [0.3, 0.4) is 0 Å². The average molecular weight is 590 g/mol. The molecule has 9 heteroatoms. The number of rotatable bonds is 8. The van der Waals surface area contributed by atoms with Crippen molar-refractivity contribution in [3.63, 3.8) is 0 Å². The SMILES string of the molecule is O=C(COC(=O)c1ccc(N2C(=O)[C@@H]3[C@@H]4C[C@@H]([C@H]3C2=O)[C@@H](c2ccccc2)C4)cc1)c1ccc(OC(=O)c2ccco2)cc1. The Morgan fingerprint density at radius 1 is 0.750 bits per heavy atom. The van der Waals surface area contributed by atoms with Crippen LogP contribution in [-0.2, 0) is 14.3 Å². The van der Waals surface area contributed by atoms with Gasteiger partial charge < -0.3 is 13.9 Å². The fourth-order valence-corrected chi connectivity index (χ4v) is 7.10. The van der Waals surface area contributed by atoms with Crippen molar-refractivity contribution in [2.45, 2.75) is 18.8 Å². The van der Waals surface area contributed by atoms with Crippen LogP contribution in [0.5, 0.6) is 5.75 Å². The number of Topliss-reactive ketones (excluding diaryl/α,β-unsaturated/α-hetero) is 1. The van der Waals surface area contributed by atoms with E-state index in [0.717, 1.165) is 12.8 Å². The molecular weight excluding hydrogens is 562 g/mol. The highest BCUT2D eigenvalue weighted by molar-refractivity contribution is 6.22. The van der Waals surface area contributed by atoms with Crippen LogP contribution in [-0.4, -0.2) is 36.1 Å². The number of nitrogens with zero attached hydrogens (tertiary/aromatic N) is 1. The Balaban J connectivity index is 0.958. The van der Waals surface area contributed by atoms with E-state index in [1.807, 2.05) is 18.2 Å². The molecule has 5 atom stereocenters. The van der Waals surface area contributed by atoms with Gasteiger partial charge in [0.2, 0.25) is 17.6 Å². The molecule has 2 heterocycles. The van der Waals surface area contributed by atoms with Crippen LogP contribution in [0.4, 0.5) is 5.69 Å². The molecule has 7 rings (SSSR count). The molecule has 2 bridgehead atoms. The minimum Gasteiger partial charge on any atom is -0.457 e. The van der Waals surface area contributed by atoms with Crippen LogP contribution in [0.15, 0.2) is 102 Å². The van der Waals surface area contributed by atoms with Crippen molar-refractivity contribution in [1.29, 1.82) is 0 Å². The third kappa shape index (κ3) is 4.80. The van der Waals surface area contributed by atoms with Gasteiger partial charge in [0.25, 0.3) is 0 Å². The van der Waals surface area contributed by atoms with E-state index in [1.54, 1.807) is 18.2 Å². The predicted octanol–water partition coefficient (Wildman–Crippen LogP) is 5.47. The lowest BCUT2D eigenvalue weighted by molar-refractivity contribution is -0.123. The second-order valence-electron chi connectivity index (χ2n) is 11.4. The average Bonchev–Trinajstić information content (AvgIpc) is 3.85. The second-order valence-corrected chi connectivity index (χ2v) is 11.4. The van der Waals surface area contributed by atoms with Crippen LogP contribution in [0.2, 0.25) is 0 Å².